The number of phosphoric acid groups is 1. The third kappa shape index (κ3) is 47.0. The Labute approximate surface area is 374 Å². The highest BCUT2D eigenvalue weighted by atomic mass is 31.2. The van der Waals surface area contributed by atoms with Gasteiger partial charge in [0.15, 0.2) is 6.10 Å². The lowest BCUT2D eigenvalue weighted by Crippen LogP contribution is -2.29. The molecule has 0 fully saturated rings. The molecular weight excluding hydrogens is 786 g/mol. The van der Waals surface area contributed by atoms with Crippen molar-refractivity contribution in [3.8, 4) is 0 Å². The molecule has 2 unspecified atom stereocenters. The van der Waals surface area contributed by atoms with E-state index in [0.29, 0.717) is 6.42 Å². The predicted octanol–water partition coefficient (Wildman–Crippen LogP) is 14.8. The van der Waals surface area contributed by atoms with Gasteiger partial charge >= 0.3 is 19.8 Å². The van der Waals surface area contributed by atoms with Crippen LogP contribution in [0.1, 0.15) is 219 Å². The van der Waals surface area contributed by atoms with Gasteiger partial charge in [0.05, 0.1) is 13.2 Å². The Morgan fingerprint density at radius 3 is 1.36 bits per heavy atom. The lowest BCUT2D eigenvalue weighted by Gasteiger charge is -2.19. The summed E-state index contributed by atoms with van der Waals surface area (Å²) in [7, 11) is -4.39. The largest absolute Gasteiger partial charge is 0.472 e. The molecule has 0 amide bonds. The van der Waals surface area contributed by atoms with Crippen LogP contribution in [-0.4, -0.2) is 49.3 Å². The zero-order chi connectivity index (χ0) is 44.6. The van der Waals surface area contributed by atoms with Crippen LogP contribution in [-0.2, 0) is 32.7 Å². The van der Waals surface area contributed by atoms with Crippen molar-refractivity contribution >= 4 is 19.8 Å². The first kappa shape index (κ1) is 58.7. The van der Waals surface area contributed by atoms with E-state index in [4.69, 9.17) is 24.3 Å². The maximum absolute atomic E-state index is 12.6. The van der Waals surface area contributed by atoms with E-state index in [-0.39, 0.29) is 38.6 Å². The molecule has 0 aliphatic heterocycles. The topological polar surface area (TPSA) is 134 Å². The van der Waals surface area contributed by atoms with Gasteiger partial charge in [-0.1, -0.05) is 190 Å². The van der Waals surface area contributed by atoms with Gasteiger partial charge in [0, 0.05) is 19.4 Å². The molecule has 0 aromatic heterocycles. The Morgan fingerprint density at radius 1 is 0.508 bits per heavy atom. The third-order valence-electron chi connectivity index (χ3n) is 10.4. The van der Waals surface area contributed by atoms with Crippen LogP contribution in [0.3, 0.4) is 0 Å². The molecule has 0 aliphatic rings. The van der Waals surface area contributed by atoms with E-state index in [1.54, 1.807) is 0 Å². The van der Waals surface area contributed by atoms with Crippen molar-refractivity contribution in [3.63, 3.8) is 0 Å². The molecule has 10 heteroatoms. The van der Waals surface area contributed by atoms with Crippen molar-refractivity contribution in [2.45, 2.75) is 225 Å². The number of carbonyl (C=O) groups excluding carboxylic acids is 2. The zero-order valence-electron chi connectivity index (χ0n) is 39.1. The number of allylic oxidation sites excluding steroid dienone is 10. The first-order chi connectivity index (χ1) is 29.8. The third-order valence-corrected chi connectivity index (χ3v) is 11.4. The van der Waals surface area contributed by atoms with Crippen LogP contribution in [0.25, 0.3) is 0 Å². The SMILES string of the molecule is CC/C=C\C/C=C\C/C=C\CCCCCC(=O)OC(COC(=O)CCCCCCCCCCCCCCCCC/C=C\C/C=C\CCCCCCC)COP(=O)(O)OCCN. The molecular formula is C51H92NO8P. The van der Waals surface area contributed by atoms with Gasteiger partial charge in [0.2, 0.25) is 0 Å². The Hall–Kier alpha value is -2.29. The van der Waals surface area contributed by atoms with E-state index in [0.717, 1.165) is 64.2 Å². The van der Waals surface area contributed by atoms with E-state index in [2.05, 4.69) is 74.6 Å². The molecule has 2 atom stereocenters. The van der Waals surface area contributed by atoms with Gasteiger partial charge in [-0.25, -0.2) is 4.57 Å². The molecule has 0 saturated heterocycles. The molecule has 0 saturated carbocycles. The average molecular weight is 878 g/mol. The molecule has 0 aliphatic carbocycles. The van der Waals surface area contributed by atoms with Crippen LogP contribution in [0.2, 0.25) is 0 Å². The zero-order valence-corrected chi connectivity index (χ0v) is 40.0. The van der Waals surface area contributed by atoms with Gasteiger partial charge in [-0.05, 0) is 77.0 Å². The second kappa shape index (κ2) is 47.2. The van der Waals surface area contributed by atoms with Gasteiger partial charge in [-0.3, -0.25) is 18.6 Å². The lowest BCUT2D eigenvalue weighted by atomic mass is 10.0. The van der Waals surface area contributed by atoms with E-state index in [1.165, 1.54) is 122 Å². The molecule has 0 heterocycles. The summed E-state index contributed by atoms with van der Waals surface area (Å²) in [5, 5.41) is 0. The molecule has 0 bridgehead atoms. The van der Waals surface area contributed by atoms with E-state index in [1.807, 2.05) is 0 Å². The highest BCUT2D eigenvalue weighted by Gasteiger charge is 2.26. The minimum atomic E-state index is -4.39. The van der Waals surface area contributed by atoms with Crippen molar-refractivity contribution in [2.75, 3.05) is 26.4 Å². The van der Waals surface area contributed by atoms with Crippen LogP contribution >= 0.6 is 7.82 Å². The second-order valence-electron chi connectivity index (χ2n) is 16.3. The van der Waals surface area contributed by atoms with Crippen molar-refractivity contribution in [2.24, 2.45) is 5.73 Å². The second-order valence-corrected chi connectivity index (χ2v) is 17.8. The summed E-state index contributed by atoms with van der Waals surface area (Å²) in [6.07, 6.45) is 57.1. The van der Waals surface area contributed by atoms with Gasteiger partial charge in [0.1, 0.15) is 6.61 Å². The summed E-state index contributed by atoms with van der Waals surface area (Å²) in [6, 6.07) is 0. The van der Waals surface area contributed by atoms with Crippen molar-refractivity contribution in [3.05, 3.63) is 60.8 Å². The van der Waals surface area contributed by atoms with E-state index >= 15 is 0 Å². The molecule has 0 spiro atoms. The van der Waals surface area contributed by atoms with Gasteiger partial charge < -0.3 is 20.1 Å². The molecule has 0 aromatic rings. The normalized spacial score (nSPS) is 13.7. The maximum Gasteiger partial charge on any atom is 0.472 e. The van der Waals surface area contributed by atoms with Crippen molar-refractivity contribution < 1.29 is 37.6 Å². The Bertz CT molecular complexity index is 1180. The summed E-state index contributed by atoms with van der Waals surface area (Å²) >= 11 is 0. The van der Waals surface area contributed by atoms with Crippen LogP contribution in [0.4, 0.5) is 0 Å². The van der Waals surface area contributed by atoms with Crippen LogP contribution in [0, 0.1) is 0 Å². The summed E-state index contributed by atoms with van der Waals surface area (Å²) in [5.74, 6) is -0.862. The number of esters is 2. The van der Waals surface area contributed by atoms with Crippen LogP contribution in [0.5, 0.6) is 0 Å². The first-order valence-corrected chi connectivity index (χ1v) is 26.3. The van der Waals surface area contributed by atoms with E-state index < -0.39 is 26.5 Å². The van der Waals surface area contributed by atoms with Gasteiger partial charge in [-0.2, -0.15) is 0 Å². The smallest absolute Gasteiger partial charge is 0.462 e. The summed E-state index contributed by atoms with van der Waals surface area (Å²) in [6.45, 7) is 3.58. The summed E-state index contributed by atoms with van der Waals surface area (Å²) in [5.41, 5.74) is 5.35. The molecule has 0 radical (unpaired) electrons. The lowest BCUT2D eigenvalue weighted by molar-refractivity contribution is -0.161. The Balaban J connectivity index is 3.97. The molecule has 354 valence electrons. The molecule has 61 heavy (non-hydrogen) atoms. The number of nitrogens with two attached hydrogens (primary N) is 1. The number of phosphoric ester groups is 1. The first-order valence-electron chi connectivity index (χ1n) is 24.8. The fraction of sp³-hybridized carbons (Fsp3) is 0.765. The predicted molar refractivity (Wildman–Crippen MR) is 256 cm³/mol. The molecule has 0 aromatic carbocycles. The highest BCUT2D eigenvalue weighted by molar-refractivity contribution is 7.47. The Morgan fingerprint density at radius 2 is 0.902 bits per heavy atom. The average Bonchev–Trinajstić information content (AvgIpc) is 3.25. The molecule has 0 rings (SSSR count). The fourth-order valence-corrected chi connectivity index (χ4v) is 7.50. The number of unbranched alkanes of at least 4 members (excludes halogenated alkanes) is 23. The van der Waals surface area contributed by atoms with Gasteiger partial charge in [-0.15, -0.1) is 0 Å². The quantitative estimate of drug-likeness (QED) is 0.0265. The molecule has 3 N–H and O–H groups in total. The van der Waals surface area contributed by atoms with Gasteiger partial charge in [0.25, 0.3) is 0 Å². The fourth-order valence-electron chi connectivity index (χ4n) is 6.74. The minimum absolute atomic E-state index is 0.0468. The van der Waals surface area contributed by atoms with Crippen molar-refractivity contribution in [1.82, 2.24) is 0 Å². The minimum Gasteiger partial charge on any atom is -0.462 e. The maximum atomic E-state index is 12.6. The number of hydrogen-bond donors (Lipinski definition) is 2. The highest BCUT2D eigenvalue weighted by Crippen LogP contribution is 2.43. The number of ether oxygens (including phenoxy) is 2. The summed E-state index contributed by atoms with van der Waals surface area (Å²) in [4.78, 5) is 34.9. The van der Waals surface area contributed by atoms with E-state index in [9.17, 15) is 19.0 Å². The van der Waals surface area contributed by atoms with Crippen LogP contribution < -0.4 is 5.73 Å². The van der Waals surface area contributed by atoms with Crippen LogP contribution in [0.15, 0.2) is 60.8 Å². The monoisotopic (exact) mass is 878 g/mol. The number of rotatable bonds is 46. The summed E-state index contributed by atoms with van der Waals surface area (Å²) < 4.78 is 32.8. The molecule has 9 nitrogen and oxygen atoms in total. The standard InChI is InChI=1S/C51H92NO8P/c1-3-5-7-9-11-13-15-17-18-19-20-21-22-23-24-25-26-27-28-29-30-32-33-35-37-39-41-43-50(53)57-47-49(48-59-61(55,56)58-46-45-52)60-51(54)44-42-40-38-36-34-31-16-14-12-10-8-6-4-2/h6,8,12,14-15,17,19-20,31,34,49H,3-5,7,9-11,13,16,18,21-30,32-33,35-48,52H2,1-2H3,(H,55,56)/b8-6-,14-12-,17-15-,20-19-,34-31-. The Kier molecular flexibility index (Phi) is 45.4. The van der Waals surface area contributed by atoms with Crippen molar-refractivity contribution in [1.29, 1.82) is 0 Å². The number of hydrogen-bond acceptors (Lipinski definition) is 8. The number of carbonyl (C=O) groups is 2.